The highest BCUT2D eigenvalue weighted by atomic mass is 19.1. The molecule has 0 aliphatic heterocycles. The van der Waals surface area contributed by atoms with Crippen LogP contribution in [0.25, 0.3) is 0 Å². The summed E-state index contributed by atoms with van der Waals surface area (Å²) in [7, 11) is 0. The predicted octanol–water partition coefficient (Wildman–Crippen LogP) is 2.53. The van der Waals surface area contributed by atoms with Crippen LogP contribution < -0.4 is 5.73 Å². The second-order valence-electron chi connectivity index (χ2n) is 4.82. The van der Waals surface area contributed by atoms with Gasteiger partial charge in [-0.05, 0) is 30.5 Å². The molecular formula is C14H21FN2. The molecule has 0 bridgehead atoms. The molecule has 1 saturated carbocycles. The molecule has 2 nitrogen and oxygen atoms in total. The van der Waals surface area contributed by atoms with Gasteiger partial charge >= 0.3 is 0 Å². The molecule has 17 heavy (non-hydrogen) atoms. The second kappa shape index (κ2) is 6.12. The third kappa shape index (κ3) is 3.51. The number of nitrogens with zero attached hydrogens (tertiary/aromatic N) is 1. The van der Waals surface area contributed by atoms with E-state index in [1.807, 2.05) is 12.1 Å². The van der Waals surface area contributed by atoms with Gasteiger partial charge in [-0.15, -0.1) is 0 Å². The van der Waals surface area contributed by atoms with E-state index < -0.39 is 0 Å². The topological polar surface area (TPSA) is 29.3 Å². The Bertz CT molecular complexity index is 331. The van der Waals surface area contributed by atoms with Crippen molar-refractivity contribution < 1.29 is 4.39 Å². The van der Waals surface area contributed by atoms with Gasteiger partial charge in [0.15, 0.2) is 0 Å². The maximum atomic E-state index is 12.8. The van der Waals surface area contributed by atoms with Crippen LogP contribution in [-0.4, -0.2) is 24.0 Å². The lowest BCUT2D eigenvalue weighted by Gasteiger charge is -2.28. The molecule has 0 aromatic heterocycles. The third-order valence-corrected chi connectivity index (χ3v) is 3.56. The Morgan fingerprint density at radius 1 is 1.18 bits per heavy atom. The van der Waals surface area contributed by atoms with Crippen LogP contribution in [0.1, 0.15) is 31.2 Å². The first-order chi connectivity index (χ1) is 8.29. The van der Waals surface area contributed by atoms with E-state index >= 15 is 0 Å². The van der Waals surface area contributed by atoms with Crippen LogP contribution >= 0.6 is 0 Å². The highest BCUT2D eigenvalue weighted by molar-refractivity contribution is 5.16. The summed E-state index contributed by atoms with van der Waals surface area (Å²) in [6, 6.07) is 7.47. The summed E-state index contributed by atoms with van der Waals surface area (Å²) in [4.78, 5) is 2.44. The number of hydrogen-bond donors (Lipinski definition) is 1. The molecule has 1 aromatic rings. The minimum absolute atomic E-state index is 0.167. The van der Waals surface area contributed by atoms with Gasteiger partial charge in [-0.25, -0.2) is 4.39 Å². The van der Waals surface area contributed by atoms with Gasteiger partial charge in [-0.2, -0.15) is 0 Å². The molecule has 0 unspecified atom stereocenters. The fourth-order valence-electron chi connectivity index (χ4n) is 2.65. The largest absolute Gasteiger partial charge is 0.329 e. The van der Waals surface area contributed by atoms with Crippen LogP contribution in [0, 0.1) is 5.82 Å². The van der Waals surface area contributed by atoms with E-state index in [-0.39, 0.29) is 5.82 Å². The minimum Gasteiger partial charge on any atom is -0.329 e. The molecule has 2 rings (SSSR count). The summed E-state index contributed by atoms with van der Waals surface area (Å²) in [5.41, 5.74) is 6.85. The van der Waals surface area contributed by atoms with E-state index in [4.69, 9.17) is 5.73 Å². The first kappa shape index (κ1) is 12.5. The standard InChI is InChI=1S/C14H21FN2/c15-13-7-5-12(6-8-13)11-17(10-9-16)14-3-1-2-4-14/h5-8,14H,1-4,9-11,16H2. The van der Waals surface area contributed by atoms with Crippen molar-refractivity contribution in [2.24, 2.45) is 5.73 Å². The Labute approximate surface area is 103 Å². The summed E-state index contributed by atoms with van der Waals surface area (Å²) in [5.74, 6) is -0.167. The highest BCUT2D eigenvalue weighted by Gasteiger charge is 2.21. The molecule has 0 amide bonds. The van der Waals surface area contributed by atoms with Gasteiger partial charge in [-0.1, -0.05) is 25.0 Å². The maximum absolute atomic E-state index is 12.8. The highest BCUT2D eigenvalue weighted by Crippen LogP contribution is 2.24. The van der Waals surface area contributed by atoms with Gasteiger partial charge in [0.05, 0.1) is 0 Å². The first-order valence-electron chi connectivity index (χ1n) is 6.48. The number of halogens is 1. The number of hydrogen-bond acceptors (Lipinski definition) is 2. The molecule has 0 radical (unpaired) electrons. The lowest BCUT2D eigenvalue weighted by atomic mass is 10.1. The fraction of sp³-hybridized carbons (Fsp3) is 0.571. The molecule has 2 N–H and O–H groups in total. The average Bonchev–Trinajstić information content (AvgIpc) is 2.85. The molecule has 1 aliphatic carbocycles. The zero-order valence-corrected chi connectivity index (χ0v) is 10.2. The van der Waals surface area contributed by atoms with Crippen LogP contribution in [0.3, 0.4) is 0 Å². The smallest absolute Gasteiger partial charge is 0.123 e. The summed E-state index contributed by atoms with van der Waals surface area (Å²) >= 11 is 0. The van der Waals surface area contributed by atoms with Gasteiger partial charge in [0.2, 0.25) is 0 Å². The van der Waals surface area contributed by atoms with Crippen molar-refractivity contribution in [1.82, 2.24) is 4.90 Å². The predicted molar refractivity (Wildman–Crippen MR) is 68.1 cm³/mol. The molecule has 0 spiro atoms. The molecule has 0 atom stereocenters. The van der Waals surface area contributed by atoms with Gasteiger partial charge < -0.3 is 5.73 Å². The van der Waals surface area contributed by atoms with Crippen LogP contribution in [-0.2, 0) is 6.54 Å². The van der Waals surface area contributed by atoms with Crippen molar-refractivity contribution in [2.75, 3.05) is 13.1 Å². The molecule has 0 saturated heterocycles. The van der Waals surface area contributed by atoms with Crippen molar-refractivity contribution in [3.8, 4) is 0 Å². The molecule has 94 valence electrons. The summed E-state index contributed by atoms with van der Waals surface area (Å²) in [5, 5.41) is 0. The number of nitrogens with two attached hydrogens (primary N) is 1. The molecule has 1 aromatic carbocycles. The van der Waals surface area contributed by atoms with E-state index in [1.54, 1.807) is 0 Å². The zero-order chi connectivity index (χ0) is 12.1. The van der Waals surface area contributed by atoms with Crippen molar-refractivity contribution in [1.29, 1.82) is 0 Å². The zero-order valence-electron chi connectivity index (χ0n) is 10.2. The van der Waals surface area contributed by atoms with Gasteiger partial charge in [-0.3, -0.25) is 4.90 Å². The van der Waals surface area contributed by atoms with E-state index in [0.29, 0.717) is 12.6 Å². The molecular weight excluding hydrogens is 215 g/mol. The molecule has 1 aliphatic rings. The number of benzene rings is 1. The van der Waals surface area contributed by atoms with Crippen molar-refractivity contribution >= 4 is 0 Å². The monoisotopic (exact) mass is 236 g/mol. The summed E-state index contributed by atoms with van der Waals surface area (Å²) < 4.78 is 12.8. The Morgan fingerprint density at radius 3 is 2.41 bits per heavy atom. The van der Waals surface area contributed by atoms with Crippen LogP contribution in [0.4, 0.5) is 4.39 Å². The minimum atomic E-state index is -0.167. The van der Waals surface area contributed by atoms with Crippen molar-refractivity contribution in [3.63, 3.8) is 0 Å². The Morgan fingerprint density at radius 2 is 1.82 bits per heavy atom. The molecule has 3 heteroatoms. The summed E-state index contributed by atoms with van der Waals surface area (Å²) in [6.45, 7) is 2.52. The van der Waals surface area contributed by atoms with Crippen LogP contribution in [0.2, 0.25) is 0 Å². The second-order valence-corrected chi connectivity index (χ2v) is 4.82. The third-order valence-electron chi connectivity index (χ3n) is 3.56. The fourth-order valence-corrected chi connectivity index (χ4v) is 2.65. The Kier molecular flexibility index (Phi) is 4.51. The van der Waals surface area contributed by atoms with Gasteiger partial charge in [0, 0.05) is 25.7 Å². The van der Waals surface area contributed by atoms with E-state index in [9.17, 15) is 4.39 Å². The summed E-state index contributed by atoms with van der Waals surface area (Å²) in [6.07, 6.45) is 5.21. The lowest BCUT2D eigenvalue weighted by molar-refractivity contribution is 0.195. The molecule has 0 heterocycles. The van der Waals surface area contributed by atoms with E-state index in [0.717, 1.165) is 13.1 Å². The van der Waals surface area contributed by atoms with E-state index in [2.05, 4.69) is 4.90 Å². The Hall–Kier alpha value is -0.930. The SMILES string of the molecule is NCCN(Cc1ccc(F)cc1)C1CCCC1. The molecule has 1 fully saturated rings. The maximum Gasteiger partial charge on any atom is 0.123 e. The lowest BCUT2D eigenvalue weighted by Crippen LogP contribution is -2.36. The van der Waals surface area contributed by atoms with E-state index in [1.165, 1.54) is 43.4 Å². The van der Waals surface area contributed by atoms with Gasteiger partial charge in [0.25, 0.3) is 0 Å². The Balaban J connectivity index is 1.98. The van der Waals surface area contributed by atoms with Crippen molar-refractivity contribution in [2.45, 2.75) is 38.3 Å². The quantitative estimate of drug-likeness (QED) is 0.851. The number of rotatable bonds is 5. The average molecular weight is 236 g/mol. The van der Waals surface area contributed by atoms with Gasteiger partial charge in [0.1, 0.15) is 5.82 Å². The first-order valence-corrected chi connectivity index (χ1v) is 6.48. The normalized spacial score (nSPS) is 16.9. The van der Waals surface area contributed by atoms with Crippen LogP contribution in [0.5, 0.6) is 0 Å². The van der Waals surface area contributed by atoms with Crippen molar-refractivity contribution in [3.05, 3.63) is 35.6 Å². The van der Waals surface area contributed by atoms with Crippen LogP contribution in [0.15, 0.2) is 24.3 Å².